The van der Waals surface area contributed by atoms with E-state index in [1.165, 1.54) is 6.08 Å². The smallest absolute Gasteiger partial charge is 0.293 e. The standard InChI is InChI=1S/C22H18BrCl2NO4S/c1-3-7-26-21(27)20(31-22(26)28)10-14-9-18(29-4-2)19(11-15(14)23)30-12-13-5-6-16(24)17(25)8-13/h3,5-6,8-11H,1,4,7,12H2,2H3/b20-10+. The fourth-order valence-corrected chi connectivity index (χ4v) is 4.36. The highest BCUT2D eigenvalue weighted by Gasteiger charge is 2.34. The molecule has 0 N–H and O–H groups in total. The summed E-state index contributed by atoms with van der Waals surface area (Å²) in [7, 11) is 0. The van der Waals surface area contributed by atoms with Gasteiger partial charge >= 0.3 is 0 Å². The maximum absolute atomic E-state index is 12.5. The van der Waals surface area contributed by atoms with Gasteiger partial charge in [0.2, 0.25) is 0 Å². The highest BCUT2D eigenvalue weighted by molar-refractivity contribution is 9.10. The van der Waals surface area contributed by atoms with Crippen LogP contribution in [0.5, 0.6) is 11.5 Å². The first kappa shape index (κ1) is 23.7. The summed E-state index contributed by atoms with van der Waals surface area (Å²) in [5, 5.41) is 0.610. The lowest BCUT2D eigenvalue weighted by Crippen LogP contribution is -2.27. The highest BCUT2D eigenvalue weighted by Crippen LogP contribution is 2.38. The topological polar surface area (TPSA) is 55.8 Å². The molecule has 1 fully saturated rings. The molecule has 5 nitrogen and oxygen atoms in total. The molecule has 0 atom stereocenters. The van der Waals surface area contributed by atoms with Gasteiger partial charge in [-0.1, -0.05) is 51.3 Å². The molecule has 1 aliphatic heterocycles. The molecule has 2 aromatic carbocycles. The van der Waals surface area contributed by atoms with Gasteiger partial charge in [0.25, 0.3) is 11.1 Å². The number of rotatable bonds is 8. The Labute approximate surface area is 203 Å². The number of benzene rings is 2. The van der Waals surface area contributed by atoms with Crippen molar-refractivity contribution in [3.05, 3.63) is 73.5 Å². The lowest BCUT2D eigenvalue weighted by Gasteiger charge is -2.14. The number of ether oxygens (including phenoxy) is 2. The van der Waals surface area contributed by atoms with Crippen molar-refractivity contribution in [3.63, 3.8) is 0 Å². The van der Waals surface area contributed by atoms with Gasteiger partial charge in [0.05, 0.1) is 21.6 Å². The third kappa shape index (κ3) is 5.66. The molecule has 0 aliphatic carbocycles. The van der Waals surface area contributed by atoms with Gasteiger partial charge in [0.1, 0.15) is 6.61 Å². The molecule has 2 aromatic rings. The summed E-state index contributed by atoms with van der Waals surface area (Å²) in [6.45, 7) is 6.32. The molecule has 1 saturated heterocycles. The minimum Gasteiger partial charge on any atom is -0.490 e. The number of halogens is 3. The number of hydrogen-bond acceptors (Lipinski definition) is 5. The molecular formula is C22H18BrCl2NO4S. The van der Waals surface area contributed by atoms with E-state index in [0.29, 0.717) is 43.1 Å². The fraction of sp³-hybridized carbons (Fsp3) is 0.182. The van der Waals surface area contributed by atoms with Crippen molar-refractivity contribution in [3.8, 4) is 11.5 Å². The van der Waals surface area contributed by atoms with Crippen LogP contribution >= 0.6 is 50.9 Å². The number of imide groups is 1. The average Bonchev–Trinajstić information content (AvgIpc) is 2.99. The first-order valence-electron chi connectivity index (χ1n) is 9.23. The Morgan fingerprint density at radius 2 is 1.87 bits per heavy atom. The maximum atomic E-state index is 12.5. The van der Waals surface area contributed by atoms with Crippen molar-refractivity contribution in [2.75, 3.05) is 13.2 Å². The third-order valence-electron chi connectivity index (χ3n) is 4.21. The van der Waals surface area contributed by atoms with Crippen LogP contribution in [0.15, 0.2) is 52.4 Å². The highest BCUT2D eigenvalue weighted by atomic mass is 79.9. The summed E-state index contributed by atoms with van der Waals surface area (Å²) in [6.07, 6.45) is 3.17. The van der Waals surface area contributed by atoms with Crippen molar-refractivity contribution in [1.29, 1.82) is 0 Å². The Balaban J connectivity index is 1.86. The zero-order chi connectivity index (χ0) is 22.5. The monoisotopic (exact) mass is 541 g/mol. The van der Waals surface area contributed by atoms with Crippen LogP contribution in [0.1, 0.15) is 18.1 Å². The molecule has 0 spiro atoms. The second-order valence-electron chi connectivity index (χ2n) is 6.37. The summed E-state index contributed by atoms with van der Waals surface area (Å²) < 4.78 is 12.4. The van der Waals surface area contributed by atoms with E-state index in [2.05, 4.69) is 22.5 Å². The quantitative estimate of drug-likeness (QED) is 0.266. The lowest BCUT2D eigenvalue weighted by atomic mass is 10.1. The number of nitrogens with zero attached hydrogens (tertiary/aromatic N) is 1. The summed E-state index contributed by atoms with van der Waals surface area (Å²) in [6, 6.07) is 8.82. The number of amides is 2. The van der Waals surface area contributed by atoms with E-state index in [0.717, 1.165) is 22.2 Å². The summed E-state index contributed by atoms with van der Waals surface area (Å²) in [5.41, 5.74) is 1.54. The van der Waals surface area contributed by atoms with Gasteiger partial charge in [-0.2, -0.15) is 0 Å². The fourth-order valence-electron chi connectivity index (χ4n) is 2.76. The first-order chi connectivity index (χ1) is 14.8. The molecule has 3 rings (SSSR count). The molecule has 1 heterocycles. The average molecular weight is 543 g/mol. The first-order valence-corrected chi connectivity index (χ1v) is 11.6. The molecule has 1 aliphatic rings. The van der Waals surface area contributed by atoms with Gasteiger partial charge in [-0.25, -0.2) is 0 Å². The van der Waals surface area contributed by atoms with Crippen LogP contribution in [0.25, 0.3) is 6.08 Å². The zero-order valence-corrected chi connectivity index (χ0v) is 20.4. The maximum Gasteiger partial charge on any atom is 0.293 e. The largest absolute Gasteiger partial charge is 0.490 e. The van der Waals surface area contributed by atoms with Crippen LogP contribution in [0, 0.1) is 0 Å². The van der Waals surface area contributed by atoms with E-state index in [9.17, 15) is 9.59 Å². The molecule has 9 heteroatoms. The van der Waals surface area contributed by atoms with Crippen LogP contribution in [0.2, 0.25) is 10.0 Å². The number of thioether (sulfide) groups is 1. The van der Waals surface area contributed by atoms with Gasteiger partial charge in [-0.15, -0.1) is 6.58 Å². The van der Waals surface area contributed by atoms with E-state index in [4.69, 9.17) is 32.7 Å². The molecule has 0 saturated carbocycles. The Morgan fingerprint density at radius 3 is 2.55 bits per heavy atom. The van der Waals surface area contributed by atoms with E-state index < -0.39 is 0 Å². The molecular weight excluding hydrogens is 525 g/mol. The summed E-state index contributed by atoms with van der Waals surface area (Å²) in [5.74, 6) is 0.693. The van der Waals surface area contributed by atoms with E-state index >= 15 is 0 Å². The number of carbonyl (C=O) groups excluding carboxylic acids is 2. The van der Waals surface area contributed by atoms with Gasteiger partial charge < -0.3 is 9.47 Å². The number of carbonyl (C=O) groups is 2. The normalized spacial score (nSPS) is 15.0. The predicted molar refractivity (Wildman–Crippen MR) is 129 cm³/mol. The minimum absolute atomic E-state index is 0.175. The van der Waals surface area contributed by atoms with Gasteiger partial charge in [0, 0.05) is 11.0 Å². The summed E-state index contributed by atoms with van der Waals surface area (Å²) >= 11 is 16.4. The molecule has 0 radical (unpaired) electrons. The Bertz CT molecular complexity index is 1070. The van der Waals surface area contributed by atoms with E-state index in [-0.39, 0.29) is 24.3 Å². The van der Waals surface area contributed by atoms with Crippen LogP contribution in [0.3, 0.4) is 0 Å². The predicted octanol–water partition coefficient (Wildman–Crippen LogP) is 6.96. The van der Waals surface area contributed by atoms with Crippen LogP contribution in [-0.4, -0.2) is 29.2 Å². The molecule has 0 bridgehead atoms. The zero-order valence-electron chi connectivity index (χ0n) is 16.5. The van der Waals surface area contributed by atoms with Gasteiger partial charge in [-0.3, -0.25) is 14.5 Å². The Morgan fingerprint density at radius 1 is 1.13 bits per heavy atom. The Kier molecular flexibility index (Phi) is 8.11. The SMILES string of the molecule is C=CCN1C(=O)S/C(=C/c2cc(OCC)c(OCc3ccc(Cl)c(Cl)c3)cc2Br)C1=O. The molecule has 2 amide bonds. The van der Waals surface area contributed by atoms with Crippen molar-refractivity contribution < 1.29 is 19.1 Å². The van der Waals surface area contributed by atoms with Crippen LogP contribution in [0.4, 0.5) is 4.79 Å². The minimum atomic E-state index is -0.347. The van der Waals surface area contributed by atoms with Crippen molar-refractivity contribution in [1.82, 2.24) is 4.90 Å². The number of hydrogen-bond donors (Lipinski definition) is 0. The second-order valence-corrected chi connectivity index (χ2v) is 9.03. The van der Waals surface area contributed by atoms with E-state index in [1.807, 2.05) is 13.0 Å². The molecule has 0 aromatic heterocycles. The van der Waals surface area contributed by atoms with Gasteiger partial charge in [-0.05, 0) is 60.2 Å². The van der Waals surface area contributed by atoms with Crippen LogP contribution < -0.4 is 9.47 Å². The van der Waals surface area contributed by atoms with Gasteiger partial charge in [0.15, 0.2) is 11.5 Å². The Hall–Kier alpha value is -1.93. The van der Waals surface area contributed by atoms with Crippen molar-refractivity contribution >= 4 is 68.1 Å². The van der Waals surface area contributed by atoms with Crippen molar-refractivity contribution in [2.45, 2.75) is 13.5 Å². The molecule has 31 heavy (non-hydrogen) atoms. The van der Waals surface area contributed by atoms with Crippen molar-refractivity contribution in [2.24, 2.45) is 0 Å². The molecule has 162 valence electrons. The van der Waals surface area contributed by atoms with Crippen LogP contribution in [-0.2, 0) is 11.4 Å². The summed E-state index contributed by atoms with van der Waals surface area (Å²) in [4.78, 5) is 26.0. The third-order valence-corrected chi connectivity index (χ3v) is 6.55. The molecule has 0 unspecified atom stereocenters. The lowest BCUT2D eigenvalue weighted by molar-refractivity contribution is -0.122. The van der Waals surface area contributed by atoms with E-state index in [1.54, 1.807) is 30.3 Å². The second kappa shape index (κ2) is 10.6.